The number of nitrogens with zero attached hydrogens (tertiary/aromatic N) is 2. The largest absolute Gasteiger partial charge is 0.497 e. The Morgan fingerprint density at radius 1 is 1.22 bits per heavy atom. The van der Waals surface area contributed by atoms with E-state index in [9.17, 15) is 13.2 Å². The third-order valence-corrected chi connectivity index (χ3v) is 6.38. The Bertz CT molecular complexity index is 879. The number of piperidine rings is 1. The summed E-state index contributed by atoms with van der Waals surface area (Å²) >= 11 is 0. The average Bonchev–Trinajstić information content (AvgIpc) is 2.91. The highest BCUT2D eigenvalue weighted by atomic mass is 32.2. The molecule has 146 valence electrons. The fraction of sp³-hybridized carbons (Fsp3) is 0.474. The first kappa shape index (κ1) is 19.4. The molecular formula is C19H24N2O5S. The number of benzene rings is 1. The molecular weight excluding hydrogens is 368 g/mol. The van der Waals surface area contributed by atoms with Gasteiger partial charge in [0.15, 0.2) is 0 Å². The van der Waals surface area contributed by atoms with Crippen molar-refractivity contribution in [2.75, 3.05) is 26.8 Å². The lowest BCUT2D eigenvalue weighted by Crippen LogP contribution is -2.40. The van der Waals surface area contributed by atoms with Gasteiger partial charge >= 0.3 is 5.97 Å². The van der Waals surface area contributed by atoms with Gasteiger partial charge in [-0.3, -0.25) is 4.79 Å². The van der Waals surface area contributed by atoms with Gasteiger partial charge in [0, 0.05) is 18.7 Å². The van der Waals surface area contributed by atoms with E-state index < -0.39 is 10.0 Å². The Morgan fingerprint density at radius 3 is 2.41 bits per heavy atom. The van der Waals surface area contributed by atoms with Crippen molar-refractivity contribution in [2.24, 2.45) is 10.3 Å². The normalized spacial score (nSPS) is 19.8. The van der Waals surface area contributed by atoms with Crippen LogP contribution in [-0.4, -0.2) is 51.9 Å². The van der Waals surface area contributed by atoms with Crippen molar-refractivity contribution in [1.29, 1.82) is 0 Å². The third-order valence-electron chi connectivity index (χ3n) is 4.91. The SMILES string of the molecule is CCOC(=O)C1CCN(C2=NS(=O)(=O)C(c3ccc(OC)cc3)=C2C)CC1. The molecule has 0 N–H and O–H groups in total. The van der Waals surface area contributed by atoms with Gasteiger partial charge in [0.1, 0.15) is 16.5 Å². The Labute approximate surface area is 159 Å². The molecule has 1 aromatic rings. The molecule has 3 rings (SSSR count). The van der Waals surface area contributed by atoms with Crippen LogP contribution in [0.3, 0.4) is 0 Å². The summed E-state index contributed by atoms with van der Waals surface area (Å²) in [7, 11) is -2.19. The van der Waals surface area contributed by atoms with Gasteiger partial charge < -0.3 is 14.4 Å². The Kier molecular flexibility index (Phi) is 5.55. The molecule has 0 saturated carbocycles. The molecule has 1 aromatic carbocycles. The summed E-state index contributed by atoms with van der Waals surface area (Å²) in [5, 5.41) is 0. The molecule has 0 aromatic heterocycles. The highest BCUT2D eigenvalue weighted by Crippen LogP contribution is 2.35. The third kappa shape index (κ3) is 3.85. The van der Waals surface area contributed by atoms with Crippen molar-refractivity contribution < 1.29 is 22.7 Å². The van der Waals surface area contributed by atoms with E-state index >= 15 is 0 Å². The Hall–Kier alpha value is -2.35. The summed E-state index contributed by atoms with van der Waals surface area (Å²) in [4.78, 5) is 14.1. The summed E-state index contributed by atoms with van der Waals surface area (Å²) < 4.78 is 39.6. The zero-order chi connectivity index (χ0) is 19.6. The maximum atomic E-state index is 12.7. The number of sulfonamides is 1. The number of amidine groups is 1. The first-order chi connectivity index (χ1) is 12.9. The van der Waals surface area contributed by atoms with Crippen molar-refractivity contribution in [3.63, 3.8) is 0 Å². The van der Waals surface area contributed by atoms with Crippen LogP contribution in [0.15, 0.2) is 34.2 Å². The fourth-order valence-electron chi connectivity index (χ4n) is 3.51. The predicted octanol–water partition coefficient (Wildman–Crippen LogP) is 2.44. The number of methoxy groups -OCH3 is 1. The lowest BCUT2D eigenvalue weighted by Gasteiger charge is -2.32. The number of esters is 1. The number of hydrogen-bond acceptors (Lipinski definition) is 6. The summed E-state index contributed by atoms with van der Waals surface area (Å²) in [5.41, 5.74) is 1.23. The number of rotatable bonds is 4. The van der Waals surface area contributed by atoms with Crippen LogP contribution in [0.1, 0.15) is 32.3 Å². The maximum Gasteiger partial charge on any atom is 0.309 e. The van der Waals surface area contributed by atoms with Gasteiger partial charge in [-0.25, -0.2) is 0 Å². The van der Waals surface area contributed by atoms with Crippen LogP contribution in [0.2, 0.25) is 0 Å². The van der Waals surface area contributed by atoms with E-state index in [0.29, 0.717) is 55.3 Å². The Morgan fingerprint density at radius 2 is 1.85 bits per heavy atom. The predicted molar refractivity (Wildman–Crippen MR) is 103 cm³/mol. The summed E-state index contributed by atoms with van der Waals surface area (Å²) in [5.74, 6) is 0.826. The van der Waals surface area contributed by atoms with Crippen LogP contribution in [0.4, 0.5) is 0 Å². The molecule has 0 amide bonds. The summed E-state index contributed by atoms with van der Waals surface area (Å²) in [6, 6.07) is 6.91. The van der Waals surface area contributed by atoms with Gasteiger partial charge in [-0.05, 0) is 56.5 Å². The van der Waals surface area contributed by atoms with Crippen molar-refractivity contribution in [2.45, 2.75) is 26.7 Å². The van der Waals surface area contributed by atoms with E-state index in [2.05, 4.69) is 4.40 Å². The van der Waals surface area contributed by atoms with Crippen LogP contribution >= 0.6 is 0 Å². The van der Waals surface area contributed by atoms with E-state index in [0.717, 1.165) is 0 Å². The Balaban J connectivity index is 1.81. The van der Waals surface area contributed by atoms with Gasteiger partial charge in [0.25, 0.3) is 10.0 Å². The van der Waals surface area contributed by atoms with Crippen LogP contribution in [-0.2, 0) is 19.6 Å². The molecule has 7 nitrogen and oxygen atoms in total. The summed E-state index contributed by atoms with van der Waals surface area (Å²) in [6.45, 7) is 5.09. The van der Waals surface area contributed by atoms with Crippen molar-refractivity contribution in [1.82, 2.24) is 4.90 Å². The second kappa shape index (κ2) is 7.72. The molecule has 8 heteroatoms. The molecule has 2 aliphatic rings. The monoisotopic (exact) mass is 392 g/mol. The molecule has 0 unspecified atom stereocenters. The van der Waals surface area contributed by atoms with E-state index in [-0.39, 0.29) is 16.8 Å². The zero-order valence-corrected chi connectivity index (χ0v) is 16.6. The maximum absolute atomic E-state index is 12.7. The van der Waals surface area contributed by atoms with E-state index in [1.165, 1.54) is 0 Å². The fourth-order valence-corrected chi connectivity index (χ4v) is 5.00. The van der Waals surface area contributed by atoms with Crippen LogP contribution < -0.4 is 4.74 Å². The molecule has 2 aliphatic heterocycles. The first-order valence-electron chi connectivity index (χ1n) is 8.99. The number of ether oxygens (including phenoxy) is 2. The van der Waals surface area contributed by atoms with Gasteiger partial charge in [0.2, 0.25) is 0 Å². The zero-order valence-electron chi connectivity index (χ0n) is 15.8. The molecule has 2 heterocycles. The quantitative estimate of drug-likeness (QED) is 0.732. The molecule has 1 saturated heterocycles. The molecule has 0 atom stereocenters. The van der Waals surface area contributed by atoms with E-state index in [4.69, 9.17) is 9.47 Å². The van der Waals surface area contributed by atoms with E-state index in [1.54, 1.807) is 45.2 Å². The van der Waals surface area contributed by atoms with Crippen LogP contribution in [0.25, 0.3) is 4.91 Å². The molecule has 0 radical (unpaired) electrons. The van der Waals surface area contributed by atoms with Gasteiger partial charge in [-0.15, -0.1) is 4.40 Å². The highest BCUT2D eigenvalue weighted by Gasteiger charge is 2.35. The molecule has 1 fully saturated rings. The van der Waals surface area contributed by atoms with Gasteiger partial charge in [-0.1, -0.05) is 0 Å². The molecule has 0 aliphatic carbocycles. The lowest BCUT2D eigenvalue weighted by atomic mass is 9.96. The minimum atomic E-state index is -3.75. The minimum absolute atomic E-state index is 0.134. The van der Waals surface area contributed by atoms with E-state index in [1.807, 2.05) is 4.90 Å². The van der Waals surface area contributed by atoms with Crippen molar-refractivity contribution in [3.8, 4) is 5.75 Å². The lowest BCUT2D eigenvalue weighted by molar-refractivity contribution is -0.149. The number of likely N-dealkylation sites (tertiary alicyclic amines) is 1. The van der Waals surface area contributed by atoms with Crippen LogP contribution in [0, 0.1) is 5.92 Å². The summed E-state index contributed by atoms with van der Waals surface area (Å²) in [6.07, 6.45) is 1.26. The van der Waals surface area contributed by atoms with Crippen molar-refractivity contribution >= 4 is 26.7 Å². The highest BCUT2D eigenvalue weighted by molar-refractivity contribution is 8.00. The second-order valence-corrected chi connectivity index (χ2v) is 8.13. The topological polar surface area (TPSA) is 85.3 Å². The van der Waals surface area contributed by atoms with Crippen molar-refractivity contribution in [3.05, 3.63) is 35.4 Å². The first-order valence-corrected chi connectivity index (χ1v) is 10.4. The number of hydrogen-bond donors (Lipinski definition) is 0. The van der Waals surface area contributed by atoms with Gasteiger partial charge in [0.05, 0.1) is 19.6 Å². The molecule has 0 spiro atoms. The number of carbonyl (C=O) groups is 1. The van der Waals surface area contributed by atoms with Crippen LogP contribution in [0.5, 0.6) is 5.75 Å². The van der Waals surface area contributed by atoms with Gasteiger partial charge in [-0.2, -0.15) is 8.42 Å². The standard InChI is InChI=1S/C19H24N2O5S/c1-4-26-19(22)15-9-11-21(12-10-15)18-13(2)17(27(23,24)20-18)14-5-7-16(25-3)8-6-14/h5-8,15H,4,9-12H2,1-3H3. The minimum Gasteiger partial charge on any atom is -0.497 e. The average molecular weight is 392 g/mol. The number of carbonyl (C=O) groups excluding carboxylic acids is 1. The second-order valence-electron chi connectivity index (χ2n) is 6.59. The molecule has 0 bridgehead atoms. The smallest absolute Gasteiger partial charge is 0.309 e. The molecule has 27 heavy (non-hydrogen) atoms.